The Balaban J connectivity index is 3.50. The summed E-state index contributed by atoms with van der Waals surface area (Å²) in [5.41, 5.74) is -0.820. The van der Waals surface area contributed by atoms with Gasteiger partial charge in [0.1, 0.15) is 5.69 Å². The maximum absolute atomic E-state index is 12.3. The third-order valence-electron chi connectivity index (χ3n) is 1.36. The van der Waals surface area contributed by atoms with Crippen molar-refractivity contribution in [3.63, 3.8) is 0 Å². The van der Waals surface area contributed by atoms with Crippen LogP contribution in [-0.2, 0) is 9.05 Å². The predicted molar refractivity (Wildman–Crippen MR) is 54.9 cm³/mol. The Morgan fingerprint density at radius 2 is 2.00 bits per heavy atom. The number of hydrogen-bond acceptors (Lipinski definition) is 3. The molecular formula is C6H2BrCl2F2NO2S. The third-order valence-corrected chi connectivity index (χ3v) is 3.74. The van der Waals surface area contributed by atoms with E-state index in [1.807, 2.05) is 0 Å². The number of rotatable bonds is 2. The number of aromatic nitrogens is 1. The highest BCUT2D eigenvalue weighted by atomic mass is 79.9. The Morgan fingerprint density at radius 3 is 2.40 bits per heavy atom. The zero-order valence-corrected chi connectivity index (χ0v) is 10.6. The van der Waals surface area contributed by atoms with Crippen LogP contribution in [-0.4, -0.2) is 13.4 Å². The van der Waals surface area contributed by atoms with Gasteiger partial charge in [0.15, 0.2) is 5.03 Å². The molecule has 0 aliphatic rings. The largest absolute Gasteiger partial charge is 0.281 e. The predicted octanol–water partition coefficient (Wildman–Crippen LogP) is 3.36. The average Bonchev–Trinajstić information content (AvgIpc) is 2.00. The van der Waals surface area contributed by atoms with Crippen molar-refractivity contribution in [3.8, 4) is 0 Å². The molecule has 9 heteroatoms. The highest BCUT2D eigenvalue weighted by Crippen LogP contribution is 2.32. The zero-order valence-electron chi connectivity index (χ0n) is 6.72. The minimum atomic E-state index is -4.18. The monoisotopic (exact) mass is 339 g/mol. The highest BCUT2D eigenvalue weighted by Gasteiger charge is 2.23. The van der Waals surface area contributed by atoms with Crippen molar-refractivity contribution in [1.29, 1.82) is 0 Å². The molecule has 1 aromatic rings. The standard InChI is InChI=1S/C6H2BrCl2F2NO2S/c7-2-1-3(8)4(5(10)11)12-6(2)15(9,13)14/h1,5H. The van der Waals surface area contributed by atoms with E-state index in [-0.39, 0.29) is 9.50 Å². The molecule has 15 heavy (non-hydrogen) atoms. The summed E-state index contributed by atoms with van der Waals surface area (Å²) in [5, 5.41) is -1.01. The van der Waals surface area contributed by atoms with Crippen LogP contribution in [0.25, 0.3) is 0 Å². The Labute approximate surface area is 102 Å². The number of nitrogens with zero attached hydrogens (tertiary/aromatic N) is 1. The van der Waals surface area contributed by atoms with E-state index in [4.69, 9.17) is 22.3 Å². The second-order valence-electron chi connectivity index (χ2n) is 2.38. The summed E-state index contributed by atoms with van der Waals surface area (Å²) < 4.78 is 46.4. The van der Waals surface area contributed by atoms with Gasteiger partial charge in [0.2, 0.25) is 0 Å². The van der Waals surface area contributed by atoms with Crippen molar-refractivity contribution in [2.45, 2.75) is 11.5 Å². The van der Waals surface area contributed by atoms with E-state index in [1.165, 1.54) is 0 Å². The smallest absolute Gasteiger partial charge is 0.231 e. The van der Waals surface area contributed by atoms with E-state index < -0.39 is 26.2 Å². The molecular weight excluding hydrogens is 339 g/mol. The molecule has 0 atom stereocenters. The molecule has 1 heterocycles. The molecule has 0 fully saturated rings. The molecule has 0 saturated heterocycles. The summed E-state index contributed by atoms with van der Waals surface area (Å²) >= 11 is 8.25. The maximum Gasteiger partial charge on any atom is 0.281 e. The van der Waals surface area contributed by atoms with Gasteiger partial charge in [0.05, 0.1) is 9.50 Å². The summed E-state index contributed by atoms with van der Waals surface area (Å²) in [5.74, 6) is 0. The van der Waals surface area contributed by atoms with Crippen LogP contribution >= 0.6 is 38.2 Å². The molecule has 0 spiro atoms. The van der Waals surface area contributed by atoms with Crippen molar-refractivity contribution in [2.24, 2.45) is 0 Å². The van der Waals surface area contributed by atoms with Gasteiger partial charge in [-0.1, -0.05) is 11.6 Å². The lowest BCUT2D eigenvalue weighted by molar-refractivity contribution is 0.145. The van der Waals surface area contributed by atoms with Gasteiger partial charge in [0, 0.05) is 10.7 Å². The fourth-order valence-corrected chi connectivity index (χ4v) is 3.24. The lowest BCUT2D eigenvalue weighted by Gasteiger charge is -2.05. The first kappa shape index (κ1) is 13.1. The van der Waals surface area contributed by atoms with Crippen LogP contribution in [0.5, 0.6) is 0 Å². The first-order valence-corrected chi connectivity index (χ1v) is 6.80. The summed E-state index contributed by atoms with van der Waals surface area (Å²) in [6.45, 7) is 0. The molecule has 1 rings (SSSR count). The molecule has 3 nitrogen and oxygen atoms in total. The van der Waals surface area contributed by atoms with Crippen LogP contribution in [0, 0.1) is 0 Å². The molecule has 0 aliphatic carbocycles. The first-order chi connectivity index (χ1) is 6.73. The second-order valence-corrected chi connectivity index (χ2v) is 6.12. The molecule has 0 bridgehead atoms. The van der Waals surface area contributed by atoms with Crippen molar-refractivity contribution in [2.75, 3.05) is 0 Å². The number of pyridine rings is 1. The maximum atomic E-state index is 12.3. The molecule has 0 unspecified atom stereocenters. The van der Waals surface area contributed by atoms with E-state index in [0.717, 1.165) is 6.07 Å². The topological polar surface area (TPSA) is 47.0 Å². The van der Waals surface area contributed by atoms with Gasteiger partial charge < -0.3 is 0 Å². The van der Waals surface area contributed by atoms with E-state index in [1.54, 1.807) is 0 Å². The number of hydrogen-bond donors (Lipinski definition) is 0. The molecule has 0 saturated carbocycles. The fourth-order valence-electron chi connectivity index (χ4n) is 0.787. The van der Waals surface area contributed by atoms with Crippen LogP contribution in [0.15, 0.2) is 15.6 Å². The summed E-state index contributed by atoms with van der Waals surface area (Å²) in [7, 11) is 0.801. The van der Waals surface area contributed by atoms with Crippen molar-refractivity contribution >= 4 is 47.3 Å². The van der Waals surface area contributed by atoms with Crippen LogP contribution in [0.2, 0.25) is 5.02 Å². The van der Waals surface area contributed by atoms with E-state index >= 15 is 0 Å². The SMILES string of the molecule is O=S(=O)(Cl)c1nc(C(F)F)c(Cl)cc1Br. The normalized spacial score (nSPS) is 12.1. The third kappa shape index (κ3) is 2.99. The summed E-state index contributed by atoms with van der Waals surface area (Å²) in [6.07, 6.45) is -2.97. The Hall–Kier alpha value is 0.0200. The van der Waals surface area contributed by atoms with Gasteiger partial charge in [-0.2, -0.15) is 0 Å². The lowest BCUT2D eigenvalue weighted by atomic mass is 10.3. The Morgan fingerprint density at radius 1 is 1.47 bits per heavy atom. The highest BCUT2D eigenvalue weighted by molar-refractivity contribution is 9.10. The number of halogens is 5. The zero-order chi connectivity index (χ0) is 11.8. The molecule has 1 aromatic heterocycles. The van der Waals surface area contributed by atoms with Gasteiger partial charge in [-0.05, 0) is 22.0 Å². The molecule has 0 amide bonds. The van der Waals surface area contributed by atoms with E-state index in [0.29, 0.717) is 0 Å². The van der Waals surface area contributed by atoms with Crippen LogP contribution < -0.4 is 0 Å². The Bertz CT molecular complexity index is 494. The van der Waals surface area contributed by atoms with Crippen molar-refractivity contribution in [1.82, 2.24) is 4.98 Å². The molecule has 84 valence electrons. The van der Waals surface area contributed by atoms with Gasteiger partial charge in [-0.15, -0.1) is 0 Å². The molecule has 0 aromatic carbocycles. The molecule has 0 radical (unpaired) electrons. The van der Waals surface area contributed by atoms with E-state index in [9.17, 15) is 17.2 Å². The van der Waals surface area contributed by atoms with Gasteiger partial charge in [0.25, 0.3) is 15.5 Å². The summed E-state index contributed by atoms with van der Waals surface area (Å²) in [6, 6.07) is 1.01. The van der Waals surface area contributed by atoms with Gasteiger partial charge >= 0.3 is 0 Å². The van der Waals surface area contributed by atoms with E-state index in [2.05, 4.69) is 20.9 Å². The quantitative estimate of drug-likeness (QED) is 0.775. The molecule has 0 N–H and O–H groups in total. The van der Waals surface area contributed by atoms with Crippen LogP contribution in [0.1, 0.15) is 12.1 Å². The van der Waals surface area contributed by atoms with Gasteiger partial charge in [-0.3, -0.25) is 0 Å². The van der Waals surface area contributed by atoms with Crippen molar-refractivity contribution < 1.29 is 17.2 Å². The number of alkyl halides is 2. The Kier molecular flexibility index (Phi) is 3.91. The fraction of sp³-hybridized carbons (Fsp3) is 0.167. The van der Waals surface area contributed by atoms with Crippen LogP contribution in [0.4, 0.5) is 8.78 Å². The average molecular weight is 341 g/mol. The second kappa shape index (κ2) is 4.48. The lowest BCUT2D eigenvalue weighted by Crippen LogP contribution is -2.01. The van der Waals surface area contributed by atoms with Crippen LogP contribution in [0.3, 0.4) is 0 Å². The minimum absolute atomic E-state index is 0.0631. The minimum Gasteiger partial charge on any atom is -0.231 e. The van der Waals surface area contributed by atoms with Crippen molar-refractivity contribution in [3.05, 3.63) is 21.3 Å². The molecule has 0 aliphatic heterocycles. The summed E-state index contributed by atoms with van der Waals surface area (Å²) in [4.78, 5) is 3.19. The van der Waals surface area contributed by atoms with Gasteiger partial charge in [-0.25, -0.2) is 22.2 Å². The first-order valence-electron chi connectivity index (χ1n) is 3.32.